The van der Waals surface area contributed by atoms with Crippen molar-refractivity contribution >= 4 is 29.2 Å². The number of nitro benzene ring substituents is 1. The summed E-state index contributed by atoms with van der Waals surface area (Å²) in [6.45, 7) is 1.98. The van der Waals surface area contributed by atoms with Gasteiger partial charge in [0, 0.05) is 17.3 Å². The molecule has 0 bridgehead atoms. The van der Waals surface area contributed by atoms with Gasteiger partial charge in [0.25, 0.3) is 5.69 Å². The van der Waals surface area contributed by atoms with Gasteiger partial charge in [0.1, 0.15) is 0 Å². The molecule has 0 radical (unpaired) electrons. The number of halogens is 1. The van der Waals surface area contributed by atoms with E-state index in [4.69, 9.17) is 11.6 Å². The highest BCUT2D eigenvalue weighted by Gasteiger charge is 2.11. The number of rotatable bonds is 3. The van der Waals surface area contributed by atoms with Gasteiger partial charge in [-0.15, -0.1) is 0 Å². The maximum atomic E-state index is 10.9. The molecule has 0 atom stereocenters. The quantitative estimate of drug-likeness (QED) is 0.476. The summed E-state index contributed by atoms with van der Waals surface area (Å²) < 4.78 is 0. The van der Waals surface area contributed by atoms with Crippen LogP contribution in [0.15, 0.2) is 47.5 Å². The minimum Gasteiger partial charge on any atom is -0.258 e. The topological polar surface area (TPSA) is 55.5 Å². The van der Waals surface area contributed by atoms with Crippen molar-refractivity contribution in [3.05, 3.63) is 68.7 Å². The van der Waals surface area contributed by atoms with Crippen LogP contribution in [-0.4, -0.2) is 11.1 Å². The van der Waals surface area contributed by atoms with Gasteiger partial charge in [0.05, 0.1) is 16.2 Å². The van der Waals surface area contributed by atoms with E-state index in [0.29, 0.717) is 10.6 Å². The van der Waals surface area contributed by atoms with E-state index >= 15 is 0 Å². The van der Waals surface area contributed by atoms with Crippen LogP contribution in [0.5, 0.6) is 0 Å². The number of hydrogen-bond donors (Lipinski definition) is 0. The average Bonchev–Trinajstić information content (AvgIpc) is 2.38. The summed E-state index contributed by atoms with van der Waals surface area (Å²) in [6, 6.07) is 11.9. The summed E-state index contributed by atoms with van der Waals surface area (Å²) >= 11 is 5.84. The molecule has 0 aliphatic carbocycles. The van der Waals surface area contributed by atoms with E-state index in [1.807, 2.05) is 31.2 Å². The number of nitro groups is 1. The van der Waals surface area contributed by atoms with Crippen molar-refractivity contribution in [2.24, 2.45) is 4.99 Å². The van der Waals surface area contributed by atoms with Crippen LogP contribution < -0.4 is 0 Å². The first-order chi connectivity index (χ1) is 9.06. The Balaban J connectivity index is 2.34. The Hall–Kier alpha value is -2.20. The molecule has 0 fully saturated rings. The van der Waals surface area contributed by atoms with E-state index in [1.165, 1.54) is 24.4 Å². The molecule has 4 nitrogen and oxygen atoms in total. The van der Waals surface area contributed by atoms with E-state index in [9.17, 15) is 10.1 Å². The van der Waals surface area contributed by atoms with Crippen molar-refractivity contribution in [1.82, 2.24) is 0 Å². The number of hydrogen-bond acceptors (Lipinski definition) is 3. The Morgan fingerprint density at radius 3 is 2.53 bits per heavy atom. The molecule has 2 rings (SSSR count). The number of aryl methyl sites for hydroxylation is 1. The maximum Gasteiger partial charge on any atom is 0.278 e. The average molecular weight is 275 g/mol. The highest BCUT2D eigenvalue weighted by molar-refractivity contribution is 6.31. The highest BCUT2D eigenvalue weighted by atomic mass is 35.5. The second kappa shape index (κ2) is 5.63. The van der Waals surface area contributed by atoms with Gasteiger partial charge in [-0.3, -0.25) is 15.1 Å². The molecule has 19 heavy (non-hydrogen) atoms. The highest BCUT2D eigenvalue weighted by Crippen LogP contribution is 2.22. The molecule has 0 amide bonds. The van der Waals surface area contributed by atoms with E-state index in [2.05, 4.69) is 4.99 Å². The van der Waals surface area contributed by atoms with Gasteiger partial charge in [-0.1, -0.05) is 29.3 Å². The fourth-order valence-corrected chi connectivity index (χ4v) is 1.75. The fraction of sp³-hybridized carbons (Fsp3) is 0.0714. The van der Waals surface area contributed by atoms with Crippen LogP contribution in [0, 0.1) is 17.0 Å². The molecule has 0 unspecified atom stereocenters. The summed E-state index contributed by atoms with van der Waals surface area (Å²) in [5, 5.41) is 11.3. The molecular formula is C14H11ClN2O2. The lowest BCUT2D eigenvalue weighted by atomic mass is 10.2. The second-order valence-corrected chi connectivity index (χ2v) is 4.49. The molecular weight excluding hydrogens is 264 g/mol. The first-order valence-electron chi connectivity index (χ1n) is 5.61. The Kier molecular flexibility index (Phi) is 3.92. The SMILES string of the molecule is Cc1ccc(N=Cc2cc(Cl)ccc2[N+](=O)[O-])cc1. The first kappa shape index (κ1) is 13.2. The maximum absolute atomic E-state index is 10.9. The zero-order chi connectivity index (χ0) is 13.8. The van der Waals surface area contributed by atoms with Crippen molar-refractivity contribution in [3.8, 4) is 0 Å². The predicted molar refractivity (Wildman–Crippen MR) is 76.5 cm³/mol. The molecule has 0 aliphatic rings. The van der Waals surface area contributed by atoms with Gasteiger partial charge in [-0.05, 0) is 31.2 Å². The number of benzene rings is 2. The van der Waals surface area contributed by atoms with Crippen molar-refractivity contribution in [3.63, 3.8) is 0 Å². The molecule has 2 aromatic rings. The lowest BCUT2D eigenvalue weighted by molar-refractivity contribution is -0.385. The van der Waals surface area contributed by atoms with Crippen molar-refractivity contribution in [2.45, 2.75) is 6.92 Å². The van der Waals surface area contributed by atoms with E-state index in [1.54, 1.807) is 0 Å². The molecule has 96 valence electrons. The molecule has 0 saturated carbocycles. The van der Waals surface area contributed by atoms with Crippen molar-refractivity contribution < 1.29 is 4.92 Å². The molecule has 0 spiro atoms. The lowest BCUT2D eigenvalue weighted by Crippen LogP contribution is -1.94. The Labute approximate surface area is 115 Å². The van der Waals surface area contributed by atoms with Crippen molar-refractivity contribution in [2.75, 3.05) is 0 Å². The monoisotopic (exact) mass is 274 g/mol. The molecule has 0 aromatic heterocycles. The van der Waals surface area contributed by atoms with Gasteiger partial charge in [0.15, 0.2) is 0 Å². The summed E-state index contributed by atoms with van der Waals surface area (Å²) in [5.41, 5.74) is 2.24. The predicted octanol–water partition coefficient (Wildman–Crippen LogP) is 4.31. The van der Waals surface area contributed by atoms with Gasteiger partial charge in [-0.25, -0.2) is 0 Å². The third-order valence-corrected chi connectivity index (χ3v) is 2.81. The van der Waals surface area contributed by atoms with Crippen LogP contribution >= 0.6 is 11.6 Å². The normalized spacial score (nSPS) is 10.8. The Morgan fingerprint density at radius 2 is 1.89 bits per heavy atom. The van der Waals surface area contributed by atoms with Crippen LogP contribution in [-0.2, 0) is 0 Å². The van der Waals surface area contributed by atoms with Crippen LogP contribution in [0.3, 0.4) is 0 Å². The third kappa shape index (κ3) is 3.39. The summed E-state index contributed by atoms with van der Waals surface area (Å²) in [7, 11) is 0. The largest absolute Gasteiger partial charge is 0.278 e. The van der Waals surface area contributed by atoms with E-state index < -0.39 is 4.92 Å². The molecule has 0 aliphatic heterocycles. The van der Waals surface area contributed by atoms with Crippen LogP contribution in [0.4, 0.5) is 11.4 Å². The van der Waals surface area contributed by atoms with Crippen LogP contribution in [0.2, 0.25) is 5.02 Å². The van der Waals surface area contributed by atoms with E-state index in [0.717, 1.165) is 11.3 Å². The van der Waals surface area contributed by atoms with Crippen molar-refractivity contribution in [1.29, 1.82) is 0 Å². The number of aliphatic imine (C=N–C) groups is 1. The smallest absolute Gasteiger partial charge is 0.258 e. The summed E-state index contributed by atoms with van der Waals surface area (Å²) in [5.74, 6) is 0. The zero-order valence-corrected chi connectivity index (χ0v) is 11.0. The molecule has 0 heterocycles. The van der Waals surface area contributed by atoms with Gasteiger partial charge in [0.2, 0.25) is 0 Å². The number of nitrogens with zero attached hydrogens (tertiary/aromatic N) is 2. The first-order valence-corrected chi connectivity index (χ1v) is 5.99. The van der Waals surface area contributed by atoms with Crippen LogP contribution in [0.1, 0.15) is 11.1 Å². The summed E-state index contributed by atoms with van der Waals surface area (Å²) in [4.78, 5) is 14.7. The van der Waals surface area contributed by atoms with Gasteiger partial charge < -0.3 is 0 Å². The molecule has 0 N–H and O–H groups in total. The minimum absolute atomic E-state index is 0.0136. The van der Waals surface area contributed by atoms with Gasteiger partial charge in [-0.2, -0.15) is 0 Å². The Morgan fingerprint density at radius 1 is 1.21 bits per heavy atom. The third-order valence-electron chi connectivity index (χ3n) is 2.57. The molecule has 2 aromatic carbocycles. The standard InChI is InChI=1S/C14H11ClN2O2/c1-10-2-5-13(6-3-10)16-9-11-8-12(15)4-7-14(11)17(18)19/h2-9H,1H3. The lowest BCUT2D eigenvalue weighted by Gasteiger charge is -1.98. The fourth-order valence-electron chi connectivity index (χ4n) is 1.57. The molecule has 5 heteroatoms. The minimum atomic E-state index is -0.452. The Bertz CT molecular complexity index is 636. The zero-order valence-electron chi connectivity index (χ0n) is 10.2. The van der Waals surface area contributed by atoms with Gasteiger partial charge >= 0.3 is 0 Å². The second-order valence-electron chi connectivity index (χ2n) is 4.05. The summed E-state index contributed by atoms with van der Waals surface area (Å²) in [6.07, 6.45) is 1.45. The molecule has 0 saturated heterocycles. The van der Waals surface area contributed by atoms with E-state index in [-0.39, 0.29) is 5.69 Å². The van der Waals surface area contributed by atoms with Crippen LogP contribution in [0.25, 0.3) is 0 Å².